The van der Waals surface area contributed by atoms with E-state index in [0.717, 1.165) is 5.57 Å². The fourth-order valence-electron chi connectivity index (χ4n) is 4.42. The summed E-state index contributed by atoms with van der Waals surface area (Å²) in [6.07, 6.45) is 5.12. The summed E-state index contributed by atoms with van der Waals surface area (Å²) in [7, 11) is -2.35. The molecule has 2 unspecified atom stereocenters. The summed E-state index contributed by atoms with van der Waals surface area (Å²) in [5.74, 6) is -1.84. The van der Waals surface area contributed by atoms with Gasteiger partial charge in [0, 0.05) is 12.0 Å². The van der Waals surface area contributed by atoms with Crippen LogP contribution in [-0.4, -0.2) is 24.8 Å². The van der Waals surface area contributed by atoms with Gasteiger partial charge in [0.1, 0.15) is 4.83 Å². The number of carbonyl (C=O) groups excluding carboxylic acids is 1. The molecule has 0 bridgehead atoms. The second kappa shape index (κ2) is 9.18. The molecule has 1 aromatic rings. The summed E-state index contributed by atoms with van der Waals surface area (Å²) >= 11 is 3.49. The van der Waals surface area contributed by atoms with Crippen molar-refractivity contribution in [3.05, 3.63) is 59.7 Å². The SMILES string of the molecule is CC(C)[Si](OC1(F)C=CC(C(Br)C(=O)c2ccccc2)=CC1)(C(C)C)C(C)C. The van der Waals surface area contributed by atoms with Gasteiger partial charge in [-0.25, -0.2) is 4.39 Å². The molecule has 0 aliphatic heterocycles. The number of ketones is 1. The van der Waals surface area contributed by atoms with Crippen LogP contribution in [-0.2, 0) is 4.43 Å². The third-order valence-electron chi connectivity index (χ3n) is 5.78. The quantitative estimate of drug-likeness (QED) is 0.227. The van der Waals surface area contributed by atoms with Crippen molar-refractivity contribution in [2.75, 3.05) is 0 Å². The number of carbonyl (C=O) groups is 1. The van der Waals surface area contributed by atoms with Gasteiger partial charge in [0.2, 0.25) is 14.2 Å². The molecule has 0 N–H and O–H groups in total. The molecule has 1 aliphatic rings. The van der Waals surface area contributed by atoms with Crippen molar-refractivity contribution in [1.29, 1.82) is 0 Å². The second-order valence-corrected chi connectivity index (χ2v) is 14.8. The van der Waals surface area contributed by atoms with E-state index in [1.807, 2.05) is 18.2 Å². The van der Waals surface area contributed by atoms with E-state index in [0.29, 0.717) is 22.2 Å². The van der Waals surface area contributed by atoms with Crippen molar-refractivity contribution in [3.8, 4) is 0 Å². The maximum Gasteiger partial charge on any atom is 0.223 e. The van der Waals surface area contributed by atoms with Gasteiger partial charge in [0.15, 0.2) is 5.78 Å². The number of rotatable bonds is 8. The molecule has 0 saturated heterocycles. The van der Waals surface area contributed by atoms with Crippen molar-refractivity contribution >= 4 is 30.0 Å². The highest BCUT2D eigenvalue weighted by molar-refractivity contribution is 9.10. The van der Waals surface area contributed by atoms with Crippen LogP contribution >= 0.6 is 15.9 Å². The molecule has 154 valence electrons. The van der Waals surface area contributed by atoms with Gasteiger partial charge in [-0.2, -0.15) is 0 Å². The van der Waals surface area contributed by atoms with E-state index in [4.69, 9.17) is 4.43 Å². The zero-order valence-corrected chi connectivity index (χ0v) is 20.3. The highest BCUT2D eigenvalue weighted by Gasteiger charge is 2.50. The first-order chi connectivity index (χ1) is 13.0. The minimum atomic E-state index is -2.35. The monoisotopic (exact) mass is 466 g/mol. The first-order valence-corrected chi connectivity index (χ1v) is 13.1. The summed E-state index contributed by atoms with van der Waals surface area (Å²) in [6.45, 7) is 12.9. The van der Waals surface area contributed by atoms with Gasteiger partial charge < -0.3 is 4.43 Å². The Kier molecular flexibility index (Phi) is 7.62. The van der Waals surface area contributed by atoms with Gasteiger partial charge in [-0.05, 0) is 28.3 Å². The van der Waals surface area contributed by atoms with E-state index < -0.39 is 19.0 Å². The molecule has 5 heteroatoms. The zero-order valence-electron chi connectivity index (χ0n) is 17.7. The molecule has 0 aromatic heterocycles. The Morgan fingerprint density at radius 3 is 2.04 bits per heavy atom. The highest BCUT2D eigenvalue weighted by Crippen LogP contribution is 2.46. The molecule has 0 spiro atoms. The predicted molar refractivity (Wildman–Crippen MR) is 121 cm³/mol. The molecule has 0 saturated carbocycles. The van der Waals surface area contributed by atoms with Gasteiger partial charge in [-0.15, -0.1) is 0 Å². The van der Waals surface area contributed by atoms with Crippen molar-refractivity contribution in [3.63, 3.8) is 0 Å². The number of hydrogen-bond acceptors (Lipinski definition) is 2. The summed E-state index contributed by atoms with van der Waals surface area (Å²) in [6, 6.07) is 9.14. The maximum absolute atomic E-state index is 15.7. The second-order valence-electron chi connectivity index (χ2n) is 8.54. The van der Waals surface area contributed by atoms with Crippen LogP contribution < -0.4 is 0 Å². The third-order valence-corrected chi connectivity index (χ3v) is 12.8. The molecule has 0 radical (unpaired) electrons. The van der Waals surface area contributed by atoms with E-state index in [2.05, 4.69) is 57.5 Å². The maximum atomic E-state index is 15.7. The lowest BCUT2D eigenvalue weighted by Crippen LogP contribution is -2.53. The number of Topliss-reactive ketones (excluding diaryl/α,β-unsaturated/α-hetero) is 1. The fraction of sp³-hybridized carbons (Fsp3) is 0.522. The topological polar surface area (TPSA) is 26.3 Å². The highest BCUT2D eigenvalue weighted by atomic mass is 79.9. The van der Waals surface area contributed by atoms with Crippen LogP contribution in [0.1, 0.15) is 58.3 Å². The molecular weight excluding hydrogens is 435 g/mol. The Hall–Kier alpha value is -1.04. The molecule has 1 aromatic carbocycles. The standard InChI is InChI=1S/C23H32BrFO2Si/c1-16(2)28(17(3)4,18(5)6)27-23(25)14-12-19(13-15-23)21(24)22(26)20-10-8-7-9-11-20/h7-14,16-18,21H,15H2,1-6H3. The summed E-state index contributed by atoms with van der Waals surface area (Å²) in [5.41, 5.74) is 2.34. The third kappa shape index (κ3) is 4.74. The van der Waals surface area contributed by atoms with Gasteiger partial charge >= 0.3 is 0 Å². The van der Waals surface area contributed by atoms with Crippen molar-refractivity contribution in [2.45, 2.75) is 75.3 Å². The smallest absolute Gasteiger partial charge is 0.223 e. The minimum absolute atomic E-state index is 0.0287. The molecule has 0 heterocycles. The number of alkyl halides is 2. The van der Waals surface area contributed by atoms with Crippen LogP contribution in [0.3, 0.4) is 0 Å². The minimum Gasteiger partial charge on any atom is -0.382 e. The van der Waals surface area contributed by atoms with Gasteiger partial charge in [0.25, 0.3) is 0 Å². The lowest BCUT2D eigenvalue weighted by atomic mass is 9.97. The van der Waals surface area contributed by atoms with Crippen LogP contribution in [0.2, 0.25) is 16.6 Å². The Bertz CT molecular complexity index is 720. The van der Waals surface area contributed by atoms with Crippen molar-refractivity contribution in [1.82, 2.24) is 0 Å². The normalized spacial score (nSPS) is 21.3. The Labute approximate surface area is 178 Å². The number of hydrogen-bond donors (Lipinski definition) is 0. The first kappa shape index (κ1) is 23.2. The van der Waals surface area contributed by atoms with Gasteiger partial charge in [-0.1, -0.05) is 100.0 Å². The average Bonchev–Trinajstić information content (AvgIpc) is 2.65. The molecule has 2 atom stereocenters. The van der Waals surface area contributed by atoms with E-state index >= 15 is 4.39 Å². The number of benzene rings is 1. The van der Waals surface area contributed by atoms with E-state index in [1.54, 1.807) is 24.3 Å². The largest absolute Gasteiger partial charge is 0.382 e. The van der Waals surface area contributed by atoms with Gasteiger partial charge in [-0.3, -0.25) is 4.79 Å². The van der Waals surface area contributed by atoms with Crippen LogP contribution in [0.4, 0.5) is 4.39 Å². The molecular formula is C23H32BrFO2Si. The summed E-state index contributed by atoms with van der Waals surface area (Å²) < 4.78 is 22.1. The molecule has 1 aliphatic carbocycles. The van der Waals surface area contributed by atoms with Crippen LogP contribution in [0, 0.1) is 0 Å². The Morgan fingerprint density at radius 2 is 1.61 bits per heavy atom. The molecule has 0 amide bonds. The lowest BCUT2D eigenvalue weighted by molar-refractivity contribution is -0.0292. The van der Waals surface area contributed by atoms with Gasteiger partial charge in [0.05, 0.1) is 0 Å². The summed E-state index contributed by atoms with van der Waals surface area (Å²) in [4.78, 5) is 12.2. The lowest BCUT2D eigenvalue weighted by Gasteiger charge is -2.46. The molecule has 28 heavy (non-hydrogen) atoms. The van der Waals surface area contributed by atoms with Crippen LogP contribution in [0.25, 0.3) is 0 Å². The van der Waals surface area contributed by atoms with E-state index in [1.165, 1.54) is 6.08 Å². The fourth-order valence-corrected chi connectivity index (χ4v) is 10.5. The summed E-state index contributed by atoms with van der Waals surface area (Å²) in [5, 5.41) is 0. The van der Waals surface area contributed by atoms with Crippen molar-refractivity contribution in [2.24, 2.45) is 0 Å². The zero-order chi connectivity index (χ0) is 21.1. The number of allylic oxidation sites excluding steroid dienone is 2. The Morgan fingerprint density at radius 1 is 1.07 bits per heavy atom. The van der Waals surface area contributed by atoms with Crippen LogP contribution in [0.15, 0.2) is 54.1 Å². The van der Waals surface area contributed by atoms with Crippen molar-refractivity contribution < 1.29 is 13.6 Å². The average molecular weight is 467 g/mol. The molecule has 2 rings (SSSR count). The first-order valence-electron chi connectivity index (χ1n) is 10.0. The predicted octanol–water partition coefficient (Wildman–Crippen LogP) is 7.38. The van der Waals surface area contributed by atoms with E-state index in [-0.39, 0.29) is 12.2 Å². The Balaban J connectivity index is 2.19. The number of halogens is 2. The van der Waals surface area contributed by atoms with Crippen LogP contribution in [0.5, 0.6) is 0 Å². The molecule has 2 nitrogen and oxygen atoms in total. The van der Waals surface area contributed by atoms with E-state index in [9.17, 15) is 4.79 Å². The molecule has 0 fully saturated rings.